The third-order valence-electron chi connectivity index (χ3n) is 2.21. The number of aryl methyl sites for hydroxylation is 3. The van der Waals surface area contributed by atoms with Crippen LogP contribution in [0.5, 0.6) is 0 Å². The lowest BCUT2D eigenvalue weighted by Crippen LogP contribution is -1.87. The molecule has 0 unspecified atom stereocenters. The molecule has 16 heavy (non-hydrogen) atoms. The summed E-state index contributed by atoms with van der Waals surface area (Å²) < 4.78 is 0. The molecule has 2 heterocycles. The average Bonchev–Trinajstić information content (AvgIpc) is 2.90. The van der Waals surface area contributed by atoms with Gasteiger partial charge >= 0.3 is 0 Å². The highest BCUT2D eigenvalue weighted by atomic mass is 35.5. The van der Waals surface area contributed by atoms with Gasteiger partial charge in [0, 0.05) is 23.6 Å². The van der Waals surface area contributed by atoms with Gasteiger partial charge in [0.2, 0.25) is 0 Å². The van der Waals surface area contributed by atoms with Gasteiger partial charge < -0.3 is 0 Å². The highest BCUT2D eigenvalue weighted by Crippen LogP contribution is 2.16. The summed E-state index contributed by atoms with van der Waals surface area (Å²) >= 11 is 9.17. The Morgan fingerprint density at radius 1 is 1.12 bits per heavy atom. The normalized spacial score (nSPS) is 10.8. The van der Waals surface area contributed by atoms with Crippen LogP contribution in [0.15, 0.2) is 17.5 Å². The Bertz CT molecular complexity index is 411. The van der Waals surface area contributed by atoms with Gasteiger partial charge in [0.25, 0.3) is 0 Å². The standard InChI is InChI=1S/C11H13ClN2S2/c12-7-6-11-14-13-10(16-11)5-1-3-9-4-2-8-15-9/h2,4,8H,1,3,5-7H2. The fourth-order valence-corrected chi connectivity index (χ4v) is 3.37. The van der Waals surface area contributed by atoms with E-state index < -0.39 is 0 Å². The fraction of sp³-hybridized carbons (Fsp3) is 0.455. The van der Waals surface area contributed by atoms with E-state index in [1.165, 1.54) is 4.88 Å². The van der Waals surface area contributed by atoms with E-state index in [2.05, 4.69) is 27.7 Å². The van der Waals surface area contributed by atoms with Crippen LogP contribution in [0.1, 0.15) is 21.3 Å². The molecule has 0 N–H and O–H groups in total. The number of hydrogen-bond donors (Lipinski definition) is 0. The van der Waals surface area contributed by atoms with Gasteiger partial charge in [-0.05, 0) is 24.3 Å². The number of hydrogen-bond acceptors (Lipinski definition) is 4. The van der Waals surface area contributed by atoms with Gasteiger partial charge in [0.05, 0.1) is 0 Å². The molecule has 5 heteroatoms. The maximum absolute atomic E-state index is 5.66. The predicted octanol–water partition coefficient (Wildman–Crippen LogP) is 3.56. The Morgan fingerprint density at radius 3 is 2.62 bits per heavy atom. The van der Waals surface area contributed by atoms with Crippen LogP contribution in [-0.2, 0) is 19.3 Å². The van der Waals surface area contributed by atoms with Crippen molar-refractivity contribution in [1.29, 1.82) is 0 Å². The molecule has 0 spiro atoms. The Kier molecular flexibility index (Phi) is 4.75. The molecular formula is C11H13ClN2S2. The second-order valence-electron chi connectivity index (χ2n) is 3.46. The topological polar surface area (TPSA) is 25.8 Å². The number of rotatable bonds is 6. The van der Waals surface area contributed by atoms with Gasteiger partial charge in [-0.1, -0.05) is 6.07 Å². The Labute approximate surface area is 108 Å². The van der Waals surface area contributed by atoms with Crippen LogP contribution in [0, 0.1) is 0 Å². The summed E-state index contributed by atoms with van der Waals surface area (Å²) in [5.41, 5.74) is 0. The average molecular weight is 273 g/mol. The second-order valence-corrected chi connectivity index (χ2v) is 6.02. The van der Waals surface area contributed by atoms with Crippen LogP contribution in [0.25, 0.3) is 0 Å². The van der Waals surface area contributed by atoms with Gasteiger partial charge in [0.15, 0.2) is 0 Å². The van der Waals surface area contributed by atoms with E-state index >= 15 is 0 Å². The maximum atomic E-state index is 5.66. The molecule has 2 nitrogen and oxygen atoms in total. The highest BCUT2D eigenvalue weighted by molar-refractivity contribution is 7.11. The smallest absolute Gasteiger partial charge is 0.118 e. The third kappa shape index (κ3) is 3.54. The lowest BCUT2D eigenvalue weighted by molar-refractivity contribution is 0.806. The minimum Gasteiger partial charge on any atom is -0.149 e. The second kappa shape index (κ2) is 6.33. The van der Waals surface area contributed by atoms with Crippen molar-refractivity contribution in [3.8, 4) is 0 Å². The van der Waals surface area contributed by atoms with Crippen LogP contribution < -0.4 is 0 Å². The van der Waals surface area contributed by atoms with Crippen molar-refractivity contribution >= 4 is 34.3 Å². The van der Waals surface area contributed by atoms with Crippen LogP contribution >= 0.6 is 34.3 Å². The Hall–Kier alpha value is -0.450. The van der Waals surface area contributed by atoms with E-state index in [9.17, 15) is 0 Å². The first-order valence-corrected chi connectivity index (χ1v) is 7.51. The van der Waals surface area contributed by atoms with E-state index in [0.717, 1.165) is 35.7 Å². The summed E-state index contributed by atoms with van der Waals surface area (Å²) in [4.78, 5) is 1.45. The molecule has 0 amide bonds. The molecule has 0 aromatic carbocycles. The number of thiophene rings is 1. The monoisotopic (exact) mass is 272 g/mol. The minimum absolute atomic E-state index is 0.629. The van der Waals surface area contributed by atoms with Crippen LogP contribution in [-0.4, -0.2) is 16.1 Å². The summed E-state index contributed by atoms with van der Waals surface area (Å²) in [6.45, 7) is 0. The Morgan fingerprint density at radius 2 is 1.94 bits per heavy atom. The minimum atomic E-state index is 0.629. The molecule has 0 radical (unpaired) electrons. The SMILES string of the molecule is ClCCc1nnc(CCCc2cccs2)s1. The van der Waals surface area contributed by atoms with Crippen molar-refractivity contribution in [2.24, 2.45) is 0 Å². The van der Waals surface area contributed by atoms with E-state index in [0.29, 0.717) is 5.88 Å². The van der Waals surface area contributed by atoms with Crippen molar-refractivity contribution in [1.82, 2.24) is 10.2 Å². The van der Waals surface area contributed by atoms with E-state index in [1.807, 2.05) is 11.3 Å². The quantitative estimate of drug-likeness (QED) is 0.752. The predicted molar refractivity (Wildman–Crippen MR) is 70.7 cm³/mol. The molecule has 86 valence electrons. The van der Waals surface area contributed by atoms with Crippen molar-refractivity contribution in [3.05, 3.63) is 32.4 Å². The molecule has 0 aliphatic rings. The van der Waals surface area contributed by atoms with Crippen molar-refractivity contribution in [2.75, 3.05) is 5.88 Å². The summed E-state index contributed by atoms with van der Waals surface area (Å²) in [6.07, 6.45) is 4.15. The molecule has 0 atom stereocenters. The number of alkyl halides is 1. The van der Waals surface area contributed by atoms with E-state index in [-0.39, 0.29) is 0 Å². The van der Waals surface area contributed by atoms with Crippen LogP contribution in [0.2, 0.25) is 0 Å². The molecule has 0 saturated heterocycles. The molecule has 2 rings (SSSR count). The largest absolute Gasteiger partial charge is 0.149 e. The summed E-state index contributed by atoms with van der Waals surface area (Å²) in [5, 5.41) is 12.6. The van der Waals surface area contributed by atoms with E-state index in [1.54, 1.807) is 11.3 Å². The van der Waals surface area contributed by atoms with Crippen molar-refractivity contribution in [3.63, 3.8) is 0 Å². The first kappa shape index (κ1) is 12.0. The first-order valence-electron chi connectivity index (χ1n) is 5.28. The maximum Gasteiger partial charge on any atom is 0.118 e. The van der Waals surface area contributed by atoms with Crippen molar-refractivity contribution in [2.45, 2.75) is 25.7 Å². The van der Waals surface area contributed by atoms with Gasteiger partial charge in [-0.3, -0.25) is 0 Å². The zero-order valence-corrected chi connectivity index (χ0v) is 11.2. The van der Waals surface area contributed by atoms with Crippen molar-refractivity contribution < 1.29 is 0 Å². The molecule has 0 saturated carbocycles. The fourth-order valence-electron chi connectivity index (χ4n) is 1.44. The summed E-state index contributed by atoms with van der Waals surface area (Å²) in [6, 6.07) is 4.28. The number of aromatic nitrogens is 2. The lowest BCUT2D eigenvalue weighted by Gasteiger charge is -1.94. The Balaban J connectivity index is 1.76. The van der Waals surface area contributed by atoms with Crippen LogP contribution in [0.4, 0.5) is 0 Å². The molecule has 2 aromatic heterocycles. The molecule has 0 bridgehead atoms. The molecular weight excluding hydrogens is 260 g/mol. The zero-order chi connectivity index (χ0) is 11.2. The van der Waals surface area contributed by atoms with E-state index in [4.69, 9.17) is 11.6 Å². The van der Waals surface area contributed by atoms with Crippen LogP contribution in [0.3, 0.4) is 0 Å². The summed E-state index contributed by atoms with van der Waals surface area (Å²) in [5.74, 6) is 0.629. The van der Waals surface area contributed by atoms with Gasteiger partial charge in [0.1, 0.15) is 10.0 Å². The molecule has 0 aliphatic heterocycles. The zero-order valence-electron chi connectivity index (χ0n) is 8.86. The molecule has 0 aliphatic carbocycles. The van der Waals surface area contributed by atoms with Gasteiger partial charge in [-0.15, -0.1) is 44.5 Å². The number of halogens is 1. The third-order valence-corrected chi connectivity index (χ3v) is 4.38. The molecule has 2 aromatic rings. The molecule has 0 fully saturated rings. The first-order chi connectivity index (χ1) is 7.88. The van der Waals surface area contributed by atoms with Gasteiger partial charge in [-0.25, -0.2) is 0 Å². The highest BCUT2D eigenvalue weighted by Gasteiger charge is 2.03. The number of nitrogens with zero attached hydrogens (tertiary/aromatic N) is 2. The summed E-state index contributed by atoms with van der Waals surface area (Å²) in [7, 11) is 0. The van der Waals surface area contributed by atoms with Gasteiger partial charge in [-0.2, -0.15) is 0 Å². The lowest BCUT2D eigenvalue weighted by atomic mass is 10.2.